The number of para-hydroxylation sites is 1. The van der Waals surface area contributed by atoms with Crippen LogP contribution in [0, 0.1) is 0 Å². The topological polar surface area (TPSA) is 3.24 Å². The summed E-state index contributed by atoms with van der Waals surface area (Å²) < 4.78 is 0. The molecule has 0 spiro atoms. The normalized spacial score (nSPS) is 11.1. The second-order valence-electron chi connectivity index (χ2n) is 10.3. The van der Waals surface area contributed by atoms with Gasteiger partial charge in [0.1, 0.15) is 0 Å². The van der Waals surface area contributed by atoms with Crippen LogP contribution >= 0.6 is 0 Å². The maximum Gasteiger partial charge on any atom is 0.0462 e. The van der Waals surface area contributed by atoms with Gasteiger partial charge in [-0.1, -0.05) is 158 Å². The van der Waals surface area contributed by atoms with Gasteiger partial charge in [0.15, 0.2) is 0 Å². The Balaban J connectivity index is 1.28. The van der Waals surface area contributed by atoms with Crippen LogP contribution in [0.5, 0.6) is 0 Å². The molecule has 0 N–H and O–H groups in total. The van der Waals surface area contributed by atoms with Crippen LogP contribution in [0.25, 0.3) is 23.8 Å². The Labute approximate surface area is 255 Å². The summed E-state index contributed by atoms with van der Waals surface area (Å²) in [6.45, 7) is 0. The zero-order valence-corrected chi connectivity index (χ0v) is 24.0. The second-order valence-corrected chi connectivity index (χ2v) is 10.3. The first-order chi connectivity index (χ1) is 21.3. The predicted molar refractivity (Wildman–Crippen MR) is 185 cm³/mol. The van der Waals surface area contributed by atoms with E-state index in [1.54, 1.807) is 0 Å². The minimum Gasteiger partial charge on any atom is -0.311 e. The van der Waals surface area contributed by atoms with Gasteiger partial charge in [-0.25, -0.2) is 0 Å². The molecule has 0 aliphatic carbocycles. The van der Waals surface area contributed by atoms with Gasteiger partial charge in [0.2, 0.25) is 0 Å². The van der Waals surface area contributed by atoms with Crippen molar-refractivity contribution in [1.29, 1.82) is 0 Å². The highest BCUT2D eigenvalue weighted by Gasteiger charge is 2.12. The summed E-state index contributed by atoms with van der Waals surface area (Å²) in [5.74, 6) is 0. The lowest BCUT2D eigenvalue weighted by Gasteiger charge is -2.25. The Hall–Kier alpha value is -5.66. The summed E-state index contributed by atoms with van der Waals surface area (Å²) in [4.78, 5) is 2.30. The van der Waals surface area contributed by atoms with Gasteiger partial charge in [0.05, 0.1) is 0 Å². The van der Waals surface area contributed by atoms with Crippen LogP contribution in [0.15, 0.2) is 182 Å². The molecule has 0 aliphatic rings. The van der Waals surface area contributed by atoms with Gasteiger partial charge in [0.25, 0.3) is 0 Å². The highest BCUT2D eigenvalue weighted by molar-refractivity contribution is 5.91. The van der Waals surface area contributed by atoms with E-state index in [1.807, 2.05) is 6.07 Å². The van der Waals surface area contributed by atoms with Gasteiger partial charge in [-0.15, -0.1) is 0 Å². The molecule has 0 atom stereocenters. The zero-order valence-electron chi connectivity index (χ0n) is 24.0. The quantitative estimate of drug-likeness (QED) is 0.128. The fourth-order valence-electron chi connectivity index (χ4n) is 5.11. The largest absolute Gasteiger partial charge is 0.311 e. The Bertz CT molecular complexity index is 1760. The fourth-order valence-corrected chi connectivity index (χ4v) is 5.11. The summed E-state index contributed by atoms with van der Waals surface area (Å²) >= 11 is 0. The summed E-state index contributed by atoms with van der Waals surface area (Å²) in [5, 5.41) is 0. The van der Waals surface area contributed by atoms with Gasteiger partial charge in [-0.2, -0.15) is 0 Å². The molecule has 0 bridgehead atoms. The monoisotopic (exact) mass is 551 g/mol. The molecule has 0 fully saturated rings. The Morgan fingerprint density at radius 2 is 0.721 bits per heavy atom. The SMILES string of the molecule is C(=C(c1ccccc1)c1ccccc1)c1ccc(N(c2ccccc2)c2ccc(/C=C/C=C/c3ccccc3)cc2)cc1. The molecular formula is C42H33N. The van der Waals surface area contributed by atoms with E-state index >= 15 is 0 Å². The minimum atomic E-state index is 1.11. The molecule has 0 saturated heterocycles. The molecular weight excluding hydrogens is 518 g/mol. The van der Waals surface area contributed by atoms with Crippen molar-refractivity contribution >= 4 is 40.9 Å². The molecule has 6 aromatic carbocycles. The van der Waals surface area contributed by atoms with Crippen LogP contribution in [0.4, 0.5) is 17.1 Å². The lowest BCUT2D eigenvalue weighted by atomic mass is 9.95. The number of anilines is 3. The average Bonchev–Trinajstić information content (AvgIpc) is 3.09. The Morgan fingerprint density at radius 3 is 1.21 bits per heavy atom. The number of hydrogen-bond donors (Lipinski definition) is 0. The maximum absolute atomic E-state index is 2.30. The predicted octanol–water partition coefficient (Wildman–Crippen LogP) is 11.5. The lowest BCUT2D eigenvalue weighted by molar-refractivity contribution is 1.28. The second kappa shape index (κ2) is 13.8. The lowest BCUT2D eigenvalue weighted by Crippen LogP contribution is -2.09. The average molecular weight is 552 g/mol. The van der Waals surface area contributed by atoms with Crippen LogP contribution in [0.1, 0.15) is 27.8 Å². The molecule has 0 amide bonds. The van der Waals surface area contributed by atoms with Gasteiger partial charge in [-0.3, -0.25) is 0 Å². The molecule has 6 aromatic rings. The van der Waals surface area contributed by atoms with E-state index in [0.29, 0.717) is 0 Å². The third-order valence-electron chi connectivity index (χ3n) is 7.29. The van der Waals surface area contributed by atoms with Gasteiger partial charge in [-0.05, 0) is 75.9 Å². The third-order valence-corrected chi connectivity index (χ3v) is 7.29. The molecule has 206 valence electrons. The summed E-state index contributed by atoms with van der Waals surface area (Å²) in [5.41, 5.74) is 10.5. The molecule has 0 aliphatic heterocycles. The smallest absolute Gasteiger partial charge is 0.0462 e. The highest BCUT2D eigenvalue weighted by atomic mass is 15.1. The van der Waals surface area contributed by atoms with E-state index in [9.17, 15) is 0 Å². The van der Waals surface area contributed by atoms with Crippen molar-refractivity contribution in [2.45, 2.75) is 0 Å². The van der Waals surface area contributed by atoms with Crippen molar-refractivity contribution in [3.8, 4) is 0 Å². The number of rotatable bonds is 9. The molecule has 0 heterocycles. The Kier molecular flexibility index (Phi) is 8.83. The first kappa shape index (κ1) is 27.5. The van der Waals surface area contributed by atoms with Crippen molar-refractivity contribution in [1.82, 2.24) is 0 Å². The molecule has 0 unspecified atom stereocenters. The maximum atomic E-state index is 2.30. The number of allylic oxidation sites excluding steroid dienone is 2. The molecule has 0 saturated carbocycles. The van der Waals surface area contributed by atoms with Gasteiger partial charge < -0.3 is 4.90 Å². The van der Waals surface area contributed by atoms with Crippen LogP contribution in [-0.2, 0) is 0 Å². The molecule has 1 heteroatoms. The fraction of sp³-hybridized carbons (Fsp3) is 0. The standard InChI is InChI=1S/C42H33N/c1-5-15-34(16-6-1)17-13-14-18-35-25-29-40(30-26-35)43(39-23-11-4-12-24-39)41-31-27-36(28-32-41)33-42(37-19-7-2-8-20-37)38-21-9-3-10-22-38/h1-33H/b17-13+,18-14+. The molecule has 6 rings (SSSR count). The van der Waals surface area contributed by atoms with Crippen molar-refractivity contribution < 1.29 is 0 Å². The summed E-state index contributed by atoms with van der Waals surface area (Å²) in [6.07, 6.45) is 10.7. The first-order valence-corrected chi connectivity index (χ1v) is 14.6. The van der Waals surface area contributed by atoms with E-state index < -0.39 is 0 Å². The minimum absolute atomic E-state index is 1.11. The van der Waals surface area contributed by atoms with Gasteiger partial charge >= 0.3 is 0 Å². The van der Waals surface area contributed by atoms with Crippen molar-refractivity contribution in [3.63, 3.8) is 0 Å². The third kappa shape index (κ3) is 7.16. The van der Waals surface area contributed by atoms with E-state index in [4.69, 9.17) is 0 Å². The summed E-state index contributed by atoms with van der Waals surface area (Å²) in [6, 6.07) is 59.6. The van der Waals surface area contributed by atoms with Crippen LogP contribution in [0.2, 0.25) is 0 Å². The number of nitrogens with zero attached hydrogens (tertiary/aromatic N) is 1. The molecule has 0 aromatic heterocycles. The number of benzene rings is 6. The van der Waals surface area contributed by atoms with Crippen molar-refractivity contribution in [3.05, 3.63) is 210 Å². The zero-order chi connectivity index (χ0) is 29.1. The highest BCUT2D eigenvalue weighted by Crippen LogP contribution is 2.35. The molecule has 1 nitrogen and oxygen atoms in total. The van der Waals surface area contributed by atoms with Crippen molar-refractivity contribution in [2.24, 2.45) is 0 Å². The number of hydrogen-bond acceptors (Lipinski definition) is 1. The first-order valence-electron chi connectivity index (χ1n) is 14.6. The molecule has 43 heavy (non-hydrogen) atoms. The van der Waals surface area contributed by atoms with E-state index in [0.717, 1.165) is 28.2 Å². The van der Waals surface area contributed by atoms with Crippen LogP contribution in [-0.4, -0.2) is 0 Å². The molecule has 0 radical (unpaired) electrons. The summed E-state index contributed by atoms with van der Waals surface area (Å²) in [7, 11) is 0. The van der Waals surface area contributed by atoms with Crippen LogP contribution in [0.3, 0.4) is 0 Å². The van der Waals surface area contributed by atoms with Crippen molar-refractivity contribution in [2.75, 3.05) is 4.90 Å². The van der Waals surface area contributed by atoms with Gasteiger partial charge in [0, 0.05) is 17.1 Å². The van der Waals surface area contributed by atoms with Crippen LogP contribution < -0.4 is 4.90 Å². The van der Waals surface area contributed by atoms with E-state index in [-0.39, 0.29) is 0 Å². The Morgan fingerprint density at radius 1 is 0.349 bits per heavy atom. The van der Waals surface area contributed by atoms with E-state index in [1.165, 1.54) is 22.3 Å². The van der Waals surface area contributed by atoms with E-state index in [2.05, 4.69) is 199 Å².